The number of aliphatic hydroxyl groups is 1. The van der Waals surface area contributed by atoms with Crippen molar-refractivity contribution in [3.05, 3.63) is 17.0 Å². The van der Waals surface area contributed by atoms with E-state index in [1.54, 1.807) is 6.26 Å². The van der Waals surface area contributed by atoms with Crippen LogP contribution in [0.4, 0.5) is 0 Å². The molecule has 0 aromatic carbocycles. The monoisotopic (exact) mass is 347 g/mol. The second-order valence-corrected chi connectivity index (χ2v) is 16.1. The smallest absolute Gasteiger partial charge is 0.193 e. The van der Waals surface area contributed by atoms with Crippen LogP contribution in [0.5, 0.6) is 0 Å². The highest BCUT2D eigenvalue weighted by Crippen LogP contribution is 2.40. The van der Waals surface area contributed by atoms with E-state index in [0.717, 1.165) is 9.09 Å². The van der Waals surface area contributed by atoms with Crippen molar-refractivity contribution in [3.8, 4) is 0 Å². The maximum Gasteiger partial charge on any atom is 0.193 e. The maximum atomic E-state index is 13.1. The van der Waals surface area contributed by atoms with Gasteiger partial charge in [0.15, 0.2) is 8.24 Å². The molecule has 0 aliphatic carbocycles. The van der Waals surface area contributed by atoms with Crippen molar-refractivity contribution in [1.29, 1.82) is 0 Å². The highest BCUT2D eigenvalue weighted by molar-refractivity contribution is 7.95. The molecule has 0 saturated carbocycles. The average Bonchev–Trinajstić information content (AvgIpc) is 2.72. The highest BCUT2D eigenvalue weighted by atomic mass is 32.2. The Hall–Kier alpha value is -0.213. The second kappa shape index (κ2) is 5.16. The summed E-state index contributed by atoms with van der Waals surface area (Å²) < 4.78 is 23.7. The van der Waals surface area contributed by atoms with Gasteiger partial charge in [0.2, 0.25) is 0 Å². The Labute approximate surface area is 132 Å². The molecule has 0 spiro atoms. The summed E-state index contributed by atoms with van der Waals surface area (Å²) >= 11 is 1.40. The molecule has 4 nitrogen and oxygen atoms in total. The van der Waals surface area contributed by atoms with Crippen LogP contribution < -0.4 is 0 Å². The van der Waals surface area contributed by atoms with E-state index in [0.29, 0.717) is 13.2 Å². The van der Waals surface area contributed by atoms with Crippen molar-refractivity contribution < 1.29 is 14.1 Å². The van der Waals surface area contributed by atoms with Gasteiger partial charge >= 0.3 is 0 Å². The minimum Gasteiger partial charge on any atom is -0.379 e. The lowest BCUT2D eigenvalue weighted by molar-refractivity contribution is -0.182. The van der Waals surface area contributed by atoms with Gasteiger partial charge in [-0.25, -0.2) is 4.21 Å². The third-order valence-corrected chi connectivity index (χ3v) is 14.4. The summed E-state index contributed by atoms with van der Waals surface area (Å²) in [7, 11) is -4.41. The zero-order chi connectivity index (χ0) is 16.1. The summed E-state index contributed by atoms with van der Waals surface area (Å²) in [4.78, 5) is 0.823. The summed E-state index contributed by atoms with van der Waals surface area (Å²) in [5.41, 5.74) is -0.893. The van der Waals surface area contributed by atoms with E-state index in [-0.39, 0.29) is 5.04 Å². The Balaban J connectivity index is 2.39. The molecule has 7 heteroatoms. The van der Waals surface area contributed by atoms with Gasteiger partial charge in [0.05, 0.1) is 27.2 Å². The molecular formula is C14H25NO3S2Si. The van der Waals surface area contributed by atoms with E-state index < -0.39 is 23.6 Å². The lowest BCUT2D eigenvalue weighted by atomic mass is 10.0. The minimum absolute atomic E-state index is 0.0613. The lowest BCUT2D eigenvalue weighted by Gasteiger charge is -2.35. The van der Waals surface area contributed by atoms with E-state index in [1.807, 2.05) is 12.1 Å². The number of thiophene rings is 1. The number of hydrogen-bond donors (Lipinski definition) is 1. The Morgan fingerprint density at radius 1 is 1.38 bits per heavy atom. The molecule has 1 aliphatic rings. The second-order valence-electron chi connectivity index (χ2n) is 7.35. The van der Waals surface area contributed by atoms with E-state index >= 15 is 0 Å². The number of hydrogen-bond acceptors (Lipinski definition) is 5. The SMILES string of the molecule is CC(C)(C)[Si](C)(C)N=S(C)(=O)c1ccc(C2(O)COC2)s1. The summed E-state index contributed by atoms with van der Waals surface area (Å²) in [5, 5.41) is 10.4. The van der Waals surface area contributed by atoms with Crippen LogP contribution in [-0.2, 0) is 20.1 Å². The standard InChI is InChI=1S/C14H25NO3S2Si/c1-13(2,3)21(5,6)15-20(4,17)12-8-7-11(19-12)14(16)9-18-10-14/h7-8,16H,9-10H2,1-6H3. The van der Waals surface area contributed by atoms with Gasteiger partial charge in [-0.3, -0.25) is 4.03 Å². The quantitative estimate of drug-likeness (QED) is 0.852. The predicted molar refractivity (Wildman–Crippen MR) is 91.0 cm³/mol. The number of rotatable bonds is 3. The minimum atomic E-state index is -2.42. The van der Waals surface area contributed by atoms with Crippen molar-refractivity contribution in [2.75, 3.05) is 19.5 Å². The molecule has 0 radical (unpaired) electrons. The van der Waals surface area contributed by atoms with Crippen LogP contribution in [-0.4, -0.2) is 37.0 Å². The van der Waals surface area contributed by atoms with Crippen LogP contribution in [0.25, 0.3) is 0 Å². The largest absolute Gasteiger partial charge is 0.379 e. The molecule has 1 saturated heterocycles. The average molecular weight is 348 g/mol. The van der Waals surface area contributed by atoms with Crippen molar-refractivity contribution in [3.63, 3.8) is 0 Å². The van der Waals surface area contributed by atoms with Gasteiger partial charge in [0.1, 0.15) is 5.60 Å². The zero-order valence-corrected chi connectivity index (χ0v) is 16.2. The van der Waals surface area contributed by atoms with E-state index in [1.165, 1.54) is 11.3 Å². The first-order chi connectivity index (χ1) is 9.37. The first-order valence-electron chi connectivity index (χ1n) is 7.01. The van der Waals surface area contributed by atoms with E-state index in [2.05, 4.69) is 33.9 Å². The van der Waals surface area contributed by atoms with Gasteiger partial charge in [0.25, 0.3) is 0 Å². The molecular weight excluding hydrogens is 322 g/mol. The number of ether oxygens (including phenoxy) is 1. The van der Waals surface area contributed by atoms with E-state index in [4.69, 9.17) is 8.77 Å². The molecule has 1 aromatic rings. The van der Waals surface area contributed by atoms with Crippen LogP contribution in [0.1, 0.15) is 25.6 Å². The zero-order valence-electron chi connectivity index (χ0n) is 13.6. The fourth-order valence-corrected chi connectivity index (χ4v) is 9.11. The van der Waals surface area contributed by atoms with Gasteiger partial charge in [-0.15, -0.1) is 11.3 Å². The van der Waals surface area contributed by atoms with Gasteiger partial charge in [0, 0.05) is 11.1 Å². The maximum absolute atomic E-state index is 13.1. The Kier molecular flexibility index (Phi) is 4.21. The molecule has 0 bridgehead atoms. The first-order valence-corrected chi connectivity index (χ1v) is 12.7. The topological polar surface area (TPSA) is 58.9 Å². The van der Waals surface area contributed by atoms with Gasteiger partial charge in [-0.2, -0.15) is 0 Å². The van der Waals surface area contributed by atoms with Gasteiger partial charge in [-0.1, -0.05) is 20.8 Å². The van der Waals surface area contributed by atoms with E-state index in [9.17, 15) is 9.32 Å². The molecule has 2 heterocycles. The number of nitrogens with zero attached hydrogens (tertiary/aromatic N) is 1. The molecule has 21 heavy (non-hydrogen) atoms. The summed E-state index contributed by atoms with van der Waals surface area (Å²) in [6, 6.07) is 3.70. The molecule has 0 amide bonds. The highest BCUT2D eigenvalue weighted by Gasteiger charge is 2.40. The molecule has 120 valence electrons. The lowest BCUT2D eigenvalue weighted by Crippen LogP contribution is -2.45. The fraction of sp³-hybridized carbons (Fsp3) is 0.714. The normalized spacial score (nSPS) is 21.5. The molecule has 1 atom stereocenters. The van der Waals surface area contributed by atoms with Gasteiger partial charge < -0.3 is 9.84 Å². The summed E-state index contributed by atoms with van der Waals surface area (Å²) in [6.07, 6.45) is 1.71. The van der Waals surface area contributed by atoms with Crippen molar-refractivity contribution in [2.45, 2.75) is 48.7 Å². The third kappa shape index (κ3) is 3.27. The Morgan fingerprint density at radius 3 is 2.38 bits per heavy atom. The fourth-order valence-electron chi connectivity index (χ4n) is 1.83. The summed E-state index contributed by atoms with van der Waals surface area (Å²) in [6.45, 7) is 11.4. The third-order valence-electron chi connectivity index (χ3n) is 4.33. The summed E-state index contributed by atoms with van der Waals surface area (Å²) in [5.74, 6) is 0. The van der Waals surface area contributed by atoms with Crippen LogP contribution in [0.15, 0.2) is 20.4 Å². The van der Waals surface area contributed by atoms with Gasteiger partial charge in [-0.05, 0) is 30.3 Å². The molecule has 1 aromatic heterocycles. The van der Waals surface area contributed by atoms with Crippen molar-refractivity contribution in [2.24, 2.45) is 4.03 Å². The predicted octanol–water partition coefficient (Wildman–Crippen LogP) is 3.43. The molecule has 1 fully saturated rings. The molecule has 2 rings (SSSR count). The van der Waals surface area contributed by atoms with Crippen molar-refractivity contribution in [1.82, 2.24) is 0 Å². The Bertz CT molecular complexity index is 647. The van der Waals surface area contributed by atoms with Crippen LogP contribution >= 0.6 is 11.3 Å². The Morgan fingerprint density at radius 2 is 1.95 bits per heavy atom. The van der Waals surface area contributed by atoms with Crippen molar-refractivity contribution >= 4 is 29.3 Å². The van der Waals surface area contributed by atoms with Crippen LogP contribution in [0.3, 0.4) is 0 Å². The van der Waals surface area contributed by atoms with Crippen LogP contribution in [0.2, 0.25) is 18.1 Å². The first kappa shape index (κ1) is 17.1. The molecule has 1 aliphatic heterocycles. The molecule has 1 unspecified atom stereocenters. The van der Waals surface area contributed by atoms with Crippen LogP contribution in [0, 0.1) is 0 Å². The molecule has 1 N–H and O–H groups in total.